The van der Waals surface area contributed by atoms with Crippen molar-refractivity contribution in [1.29, 1.82) is 0 Å². The largest absolute Gasteiger partial charge is 0.441 e. The van der Waals surface area contributed by atoms with Crippen molar-refractivity contribution in [3.05, 3.63) is 48.9 Å². The van der Waals surface area contributed by atoms with E-state index in [4.69, 9.17) is 0 Å². The molecule has 0 aliphatic carbocycles. The Bertz CT molecular complexity index is 1160. The summed E-state index contributed by atoms with van der Waals surface area (Å²) in [4.78, 5) is 18.1. The van der Waals surface area contributed by atoms with Crippen LogP contribution >= 0.6 is 0 Å². The zero-order valence-corrected chi connectivity index (χ0v) is 16.1. The van der Waals surface area contributed by atoms with Gasteiger partial charge in [-0.25, -0.2) is 9.18 Å². The van der Waals surface area contributed by atoms with E-state index in [0.29, 0.717) is 11.3 Å². The molecule has 166 valence electrons. The highest BCUT2D eigenvalue weighted by molar-refractivity contribution is 5.90. The summed E-state index contributed by atoms with van der Waals surface area (Å²) in [6.07, 6.45) is -7.98. The summed E-state index contributed by atoms with van der Waals surface area (Å²) < 4.78 is 57.4. The van der Waals surface area contributed by atoms with Crippen molar-refractivity contribution in [3.8, 4) is 22.6 Å². The number of anilines is 1. The number of halogens is 4. The molecule has 3 heterocycles. The summed E-state index contributed by atoms with van der Waals surface area (Å²) in [5.41, 5.74) is 0.939. The summed E-state index contributed by atoms with van der Waals surface area (Å²) in [7, 11) is 0. The highest BCUT2D eigenvalue weighted by Gasteiger charge is 2.49. The number of aromatic nitrogens is 5. The van der Waals surface area contributed by atoms with Crippen molar-refractivity contribution in [2.75, 3.05) is 11.4 Å². The molecule has 9 nitrogen and oxygen atoms in total. The minimum absolute atomic E-state index is 0.0112. The number of carbonyl (C=O) groups excluding carboxylic acids is 1. The van der Waals surface area contributed by atoms with Gasteiger partial charge in [-0.1, -0.05) is 12.6 Å². The van der Waals surface area contributed by atoms with Crippen molar-refractivity contribution in [2.24, 2.45) is 0 Å². The molecule has 0 radical (unpaired) electrons. The lowest BCUT2D eigenvalue weighted by Crippen LogP contribution is -2.42. The van der Waals surface area contributed by atoms with Crippen molar-refractivity contribution >= 4 is 18.0 Å². The highest BCUT2D eigenvalue weighted by Crippen LogP contribution is 2.32. The number of rotatable bonds is 5. The molecular formula is C19H14F4N6O3. The lowest BCUT2D eigenvalue weighted by Gasteiger charge is -2.19. The third-order valence-electron chi connectivity index (χ3n) is 4.68. The molecule has 1 amide bonds. The van der Waals surface area contributed by atoms with E-state index in [9.17, 15) is 27.5 Å². The van der Waals surface area contributed by atoms with E-state index in [2.05, 4.69) is 31.7 Å². The number of aliphatic hydroxyl groups excluding tert-OH is 1. The fourth-order valence-electron chi connectivity index (χ4n) is 3.07. The average Bonchev–Trinajstić information content (AvgIpc) is 3.39. The number of tetrazole rings is 1. The number of hydrogen-bond donors (Lipinski definition) is 1. The fraction of sp³-hybridized carbons (Fsp3) is 0.211. The van der Waals surface area contributed by atoms with Crippen LogP contribution in [-0.4, -0.2) is 61.3 Å². The predicted molar refractivity (Wildman–Crippen MR) is 103 cm³/mol. The molecule has 4 rings (SSSR count). The van der Waals surface area contributed by atoms with E-state index >= 15 is 0 Å². The van der Waals surface area contributed by atoms with Gasteiger partial charge in [-0.3, -0.25) is 9.88 Å². The molecule has 0 saturated carbocycles. The van der Waals surface area contributed by atoms with Gasteiger partial charge in [0.2, 0.25) is 5.82 Å². The molecule has 2 aromatic heterocycles. The molecule has 1 unspecified atom stereocenters. The topological polar surface area (TPSA) is 106 Å². The van der Waals surface area contributed by atoms with Crippen LogP contribution in [0.25, 0.3) is 28.8 Å². The van der Waals surface area contributed by atoms with Crippen LogP contribution in [0.3, 0.4) is 0 Å². The molecule has 0 bridgehead atoms. The smallest absolute Gasteiger partial charge is 0.418 e. The minimum atomic E-state index is -4.95. The summed E-state index contributed by atoms with van der Waals surface area (Å²) in [6, 6.07) is 6.84. The Morgan fingerprint density at radius 1 is 1.28 bits per heavy atom. The Morgan fingerprint density at radius 2 is 2.06 bits per heavy atom. The second-order valence-electron chi connectivity index (χ2n) is 6.73. The van der Waals surface area contributed by atoms with E-state index in [0.717, 1.165) is 15.8 Å². The number of nitrogens with zero attached hydrogens (tertiary/aromatic N) is 6. The van der Waals surface area contributed by atoms with Crippen molar-refractivity contribution in [3.63, 3.8) is 0 Å². The maximum atomic E-state index is 14.7. The van der Waals surface area contributed by atoms with Crippen LogP contribution in [0.1, 0.15) is 0 Å². The van der Waals surface area contributed by atoms with Crippen LogP contribution in [0.4, 0.5) is 28.0 Å². The summed E-state index contributed by atoms with van der Waals surface area (Å²) in [5.74, 6) is -0.490. The van der Waals surface area contributed by atoms with Crippen LogP contribution in [0, 0.1) is 5.82 Å². The number of carbonyl (C=O) groups is 1. The van der Waals surface area contributed by atoms with Gasteiger partial charge in [-0.05, 0) is 29.5 Å². The molecule has 3 aromatic rings. The van der Waals surface area contributed by atoms with Crippen LogP contribution in [0.5, 0.6) is 0 Å². The van der Waals surface area contributed by atoms with E-state index in [1.807, 2.05) is 0 Å². The lowest BCUT2D eigenvalue weighted by atomic mass is 10.1. The molecule has 2 atom stereocenters. The Morgan fingerprint density at radius 3 is 2.66 bits per heavy atom. The first kappa shape index (κ1) is 21.4. The first-order valence-corrected chi connectivity index (χ1v) is 9.08. The molecule has 1 aliphatic rings. The second-order valence-corrected chi connectivity index (χ2v) is 6.73. The molecule has 1 N–H and O–H groups in total. The van der Waals surface area contributed by atoms with E-state index < -0.39 is 36.8 Å². The quantitative estimate of drug-likeness (QED) is 0.596. The Labute approximate surface area is 177 Å². The van der Waals surface area contributed by atoms with E-state index in [1.54, 1.807) is 12.1 Å². The van der Waals surface area contributed by atoms with Gasteiger partial charge < -0.3 is 9.84 Å². The van der Waals surface area contributed by atoms with Crippen molar-refractivity contribution in [2.45, 2.75) is 18.4 Å². The molecule has 1 saturated heterocycles. The normalized spacial score (nSPS) is 17.3. The van der Waals surface area contributed by atoms with E-state index in [1.165, 1.54) is 24.5 Å². The molecule has 1 aromatic carbocycles. The van der Waals surface area contributed by atoms with Gasteiger partial charge in [0.05, 0.1) is 12.2 Å². The number of ether oxygens (including phenoxy) is 1. The van der Waals surface area contributed by atoms with Crippen LogP contribution in [0.15, 0.2) is 43.1 Å². The number of alkyl halides is 3. The Balaban J connectivity index is 1.53. The van der Waals surface area contributed by atoms with Gasteiger partial charge >= 0.3 is 12.3 Å². The number of aliphatic hydroxyl groups is 1. The van der Waals surface area contributed by atoms with Gasteiger partial charge in [0.1, 0.15) is 11.5 Å². The van der Waals surface area contributed by atoms with Crippen molar-refractivity contribution < 1.29 is 32.2 Å². The van der Waals surface area contributed by atoms with Gasteiger partial charge in [0.25, 0.3) is 0 Å². The molecule has 0 spiro atoms. The van der Waals surface area contributed by atoms with Crippen LogP contribution in [-0.2, 0) is 4.74 Å². The maximum absolute atomic E-state index is 14.7. The Hall–Kier alpha value is -3.87. The predicted octanol–water partition coefficient (Wildman–Crippen LogP) is 2.89. The zero-order valence-electron chi connectivity index (χ0n) is 16.1. The monoisotopic (exact) mass is 450 g/mol. The number of pyridine rings is 1. The molecular weight excluding hydrogens is 436 g/mol. The second kappa shape index (κ2) is 8.00. The first-order chi connectivity index (χ1) is 15.2. The fourth-order valence-corrected chi connectivity index (χ4v) is 3.07. The molecule has 1 aliphatic heterocycles. The molecule has 32 heavy (non-hydrogen) atoms. The number of hydrogen-bond acceptors (Lipinski definition) is 7. The summed E-state index contributed by atoms with van der Waals surface area (Å²) in [6.45, 7) is 2.93. The third-order valence-corrected chi connectivity index (χ3v) is 4.68. The average molecular weight is 450 g/mol. The number of amides is 1. The standard InChI is InChI=1S/C19H14F4N6O3/c1-2-29-26-17(25-27-29)14-6-3-10(8-24-14)12-5-4-11(7-13(12)20)28-9-15(32-18(28)31)16(30)19(21,22)23/h2-8,15-16,30H,1,9H2/t15-,16?/m1/s1. The number of cyclic esters (lactones) is 1. The van der Waals surface area contributed by atoms with Gasteiger partial charge in [-0.2, -0.15) is 13.2 Å². The first-order valence-electron chi connectivity index (χ1n) is 9.08. The number of benzene rings is 1. The van der Waals surface area contributed by atoms with Crippen LogP contribution in [0.2, 0.25) is 0 Å². The van der Waals surface area contributed by atoms with Gasteiger partial charge in [0.15, 0.2) is 12.2 Å². The van der Waals surface area contributed by atoms with Gasteiger partial charge in [0, 0.05) is 23.5 Å². The lowest BCUT2D eigenvalue weighted by molar-refractivity contribution is -0.224. The summed E-state index contributed by atoms with van der Waals surface area (Å²) in [5, 5.41) is 20.9. The Kier molecular flexibility index (Phi) is 5.34. The SMILES string of the molecule is C=Cn1nnc(-c2ccc(-c3ccc(N4C[C@H](C(O)C(F)(F)F)OC4=O)cc3F)cn2)n1. The van der Waals surface area contributed by atoms with Crippen LogP contribution < -0.4 is 4.90 Å². The summed E-state index contributed by atoms with van der Waals surface area (Å²) >= 11 is 0. The third kappa shape index (κ3) is 4.01. The van der Waals surface area contributed by atoms with Gasteiger partial charge in [-0.15, -0.1) is 15.0 Å². The zero-order chi connectivity index (χ0) is 23.0. The highest BCUT2D eigenvalue weighted by atomic mass is 19.4. The van der Waals surface area contributed by atoms with Crippen molar-refractivity contribution in [1.82, 2.24) is 25.2 Å². The molecule has 1 fully saturated rings. The maximum Gasteiger partial charge on any atom is 0.418 e. The van der Waals surface area contributed by atoms with E-state index in [-0.39, 0.29) is 17.1 Å². The molecule has 13 heteroatoms. The minimum Gasteiger partial charge on any atom is -0.441 e.